The highest BCUT2D eigenvalue weighted by atomic mass is 16.5. The highest BCUT2D eigenvalue weighted by Crippen LogP contribution is 2.53. The molecule has 8 heteroatoms. The monoisotopic (exact) mass is 634 g/mol. The average molecular weight is 635 g/mol. The van der Waals surface area contributed by atoms with Gasteiger partial charge in [-0.1, -0.05) is 63.1 Å². The summed E-state index contributed by atoms with van der Waals surface area (Å²) < 4.78 is 27.6. The molecular weight excluding hydrogens is 580 g/mol. The van der Waals surface area contributed by atoms with E-state index in [1.54, 1.807) is 0 Å². The Bertz CT molecular complexity index is 1400. The maximum atomic E-state index is 11.8. The number of aromatic nitrogens is 2. The summed E-state index contributed by atoms with van der Waals surface area (Å²) in [4.78, 5) is 0. The first-order valence-electron chi connectivity index (χ1n) is 17.3. The molecule has 252 valence electrons. The van der Waals surface area contributed by atoms with Gasteiger partial charge in [-0.25, -0.2) is 0 Å². The van der Waals surface area contributed by atoms with Gasteiger partial charge in [-0.3, -0.25) is 0 Å². The van der Waals surface area contributed by atoms with E-state index < -0.39 is 12.2 Å². The zero-order valence-corrected chi connectivity index (χ0v) is 28.2. The molecule has 4 aromatic rings. The summed E-state index contributed by atoms with van der Waals surface area (Å²) in [6, 6.07) is 16.6. The molecule has 0 aliphatic heterocycles. The fourth-order valence-electron chi connectivity index (χ4n) is 7.17. The van der Waals surface area contributed by atoms with Gasteiger partial charge in [0.25, 0.3) is 0 Å². The van der Waals surface area contributed by atoms with Crippen LogP contribution in [0, 0.1) is 13.8 Å². The number of ether oxygens (including phenoxy) is 4. The van der Waals surface area contributed by atoms with Gasteiger partial charge in [0.1, 0.15) is 0 Å². The molecule has 2 aromatic heterocycles. The molecule has 46 heavy (non-hydrogen) atoms. The second-order valence-electron chi connectivity index (χ2n) is 12.5. The van der Waals surface area contributed by atoms with Crippen molar-refractivity contribution in [2.75, 3.05) is 52.9 Å². The SMILES string of the molecule is CCCCOCCOCCn1c(C)c(C2C(O)C(c3c(C)n(CCOCCOCCCC)c4ccccc34)C2O)c2ccccc21. The molecule has 2 N–H and O–H groups in total. The van der Waals surface area contributed by atoms with Crippen LogP contribution in [0.25, 0.3) is 21.8 Å². The first-order chi connectivity index (χ1) is 22.5. The van der Waals surface area contributed by atoms with Crippen LogP contribution in [0.4, 0.5) is 0 Å². The molecule has 0 saturated heterocycles. The van der Waals surface area contributed by atoms with E-state index in [9.17, 15) is 10.2 Å². The molecule has 0 unspecified atom stereocenters. The van der Waals surface area contributed by atoms with E-state index in [0.717, 1.165) is 83.2 Å². The van der Waals surface area contributed by atoms with Gasteiger partial charge in [0.05, 0.1) is 51.8 Å². The summed E-state index contributed by atoms with van der Waals surface area (Å²) in [5, 5.41) is 25.9. The number of hydrogen-bond donors (Lipinski definition) is 2. The molecule has 5 rings (SSSR count). The lowest BCUT2D eigenvalue weighted by molar-refractivity contribution is -0.0781. The van der Waals surface area contributed by atoms with Crippen LogP contribution < -0.4 is 0 Å². The molecule has 0 amide bonds. The minimum absolute atomic E-state index is 0.374. The number of fused-ring (bicyclic) bond motifs is 2. The summed E-state index contributed by atoms with van der Waals surface area (Å²) in [5.41, 5.74) is 6.41. The zero-order chi connectivity index (χ0) is 32.5. The Morgan fingerprint density at radius 2 is 0.913 bits per heavy atom. The van der Waals surface area contributed by atoms with Crippen molar-refractivity contribution in [3.63, 3.8) is 0 Å². The van der Waals surface area contributed by atoms with Crippen LogP contribution in [0.2, 0.25) is 0 Å². The lowest BCUT2D eigenvalue weighted by Gasteiger charge is -2.47. The smallest absolute Gasteiger partial charge is 0.0729 e. The molecule has 8 nitrogen and oxygen atoms in total. The van der Waals surface area contributed by atoms with Crippen LogP contribution >= 0.6 is 0 Å². The fourth-order valence-corrected chi connectivity index (χ4v) is 7.17. The number of nitrogens with zero attached hydrogens (tertiary/aromatic N) is 2. The first kappa shape index (κ1) is 34.6. The van der Waals surface area contributed by atoms with E-state index in [1.165, 1.54) is 0 Å². The van der Waals surface area contributed by atoms with Crippen LogP contribution in [0.1, 0.15) is 73.9 Å². The van der Waals surface area contributed by atoms with Gasteiger partial charge in [0, 0.05) is 71.3 Å². The number of rotatable bonds is 20. The van der Waals surface area contributed by atoms with Crippen molar-refractivity contribution in [1.29, 1.82) is 0 Å². The molecular formula is C38H54N2O6. The lowest BCUT2D eigenvalue weighted by atomic mass is 9.62. The van der Waals surface area contributed by atoms with Crippen molar-refractivity contribution in [1.82, 2.24) is 9.13 Å². The third-order valence-corrected chi connectivity index (χ3v) is 9.64. The maximum Gasteiger partial charge on any atom is 0.0729 e. The number of aliphatic hydroxyl groups excluding tert-OH is 2. The Morgan fingerprint density at radius 1 is 0.543 bits per heavy atom. The minimum atomic E-state index is -0.709. The number of hydrogen-bond acceptors (Lipinski definition) is 6. The standard InChI is InChI=1S/C38H54N2O6/c1-5-7-19-43-23-25-45-21-17-39-27(3)33(29-13-9-11-15-31(29)39)35-37(41)36(38(35)42)34-28(4)40(32-16-12-10-14-30(32)34)18-22-46-26-24-44-20-8-6-2/h9-16,35-38,41-42H,5-8,17-26H2,1-4H3. The molecule has 1 fully saturated rings. The van der Waals surface area contributed by atoms with Gasteiger partial charge < -0.3 is 38.3 Å². The summed E-state index contributed by atoms with van der Waals surface area (Å²) in [7, 11) is 0. The van der Waals surface area contributed by atoms with E-state index in [4.69, 9.17) is 18.9 Å². The predicted molar refractivity (Wildman–Crippen MR) is 184 cm³/mol. The molecule has 0 bridgehead atoms. The van der Waals surface area contributed by atoms with Crippen molar-refractivity contribution < 1.29 is 29.2 Å². The second kappa shape index (κ2) is 16.9. The van der Waals surface area contributed by atoms with Gasteiger partial charge >= 0.3 is 0 Å². The van der Waals surface area contributed by atoms with Gasteiger partial charge in [0.2, 0.25) is 0 Å². The van der Waals surface area contributed by atoms with Crippen LogP contribution in [0.15, 0.2) is 48.5 Å². The van der Waals surface area contributed by atoms with Crippen LogP contribution in [0.3, 0.4) is 0 Å². The normalized spacial score (nSPS) is 19.8. The summed E-state index contributed by atoms with van der Waals surface area (Å²) >= 11 is 0. The number of benzene rings is 2. The molecule has 0 atom stereocenters. The fraction of sp³-hybridized carbons (Fsp3) is 0.579. The molecule has 1 saturated carbocycles. The molecule has 2 aromatic carbocycles. The molecule has 0 radical (unpaired) electrons. The van der Waals surface area contributed by atoms with E-state index in [1.807, 2.05) is 24.3 Å². The molecule has 2 heterocycles. The van der Waals surface area contributed by atoms with Crippen molar-refractivity contribution in [2.24, 2.45) is 0 Å². The van der Waals surface area contributed by atoms with Crippen LogP contribution in [-0.4, -0.2) is 84.4 Å². The molecule has 1 aliphatic rings. The number of aliphatic hydroxyl groups is 2. The second-order valence-corrected chi connectivity index (χ2v) is 12.5. The van der Waals surface area contributed by atoms with Gasteiger partial charge in [0.15, 0.2) is 0 Å². The number of unbranched alkanes of at least 4 members (excludes halogenated alkanes) is 2. The lowest BCUT2D eigenvalue weighted by Crippen LogP contribution is -2.52. The van der Waals surface area contributed by atoms with E-state index in [-0.39, 0.29) is 11.8 Å². The number of para-hydroxylation sites is 2. The third-order valence-electron chi connectivity index (χ3n) is 9.64. The largest absolute Gasteiger partial charge is 0.392 e. The molecule has 0 spiro atoms. The minimum Gasteiger partial charge on any atom is -0.392 e. The topological polar surface area (TPSA) is 87.2 Å². The quantitative estimate of drug-likeness (QED) is 0.108. The average Bonchev–Trinajstić information content (AvgIpc) is 3.49. The van der Waals surface area contributed by atoms with Crippen LogP contribution in [0.5, 0.6) is 0 Å². The van der Waals surface area contributed by atoms with Crippen LogP contribution in [-0.2, 0) is 32.0 Å². The van der Waals surface area contributed by atoms with E-state index in [0.29, 0.717) is 52.7 Å². The van der Waals surface area contributed by atoms with Gasteiger partial charge in [-0.15, -0.1) is 0 Å². The van der Waals surface area contributed by atoms with Crippen molar-refractivity contribution in [2.45, 2.75) is 90.5 Å². The van der Waals surface area contributed by atoms with Gasteiger partial charge in [-0.2, -0.15) is 0 Å². The summed E-state index contributed by atoms with van der Waals surface area (Å²) in [6.07, 6.45) is 2.98. The predicted octanol–water partition coefficient (Wildman–Crippen LogP) is 6.48. The summed E-state index contributed by atoms with van der Waals surface area (Å²) in [5.74, 6) is -0.747. The van der Waals surface area contributed by atoms with Crippen molar-refractivity contribution in [3.05, 3.63) is 71.0 Å². The Labute approximate surface area is 274 Å². The Balaban J connectivity index is 1.29. The summed E-state index contributed by atoms with van der Waals surface area (Å²) in [6.45, 7) is 15.0. The first-order valence-corrected chi connectivity index (χ1v) is 17.3. The van der Waals surface area contributed by atoms with E-state index >= 15 is 0 Å². The highest BCUT2D eigenvalue weighted by molar-refractivity contribution is 5.88. The van der Waals surface area contributed by atoms with Crippen molar-refractivity contribution in [3.8, 4) is 0 Å². The maximum absolute atomic E-state index is 11.8. The van der Waals surface area contributed by atoms with E-state index in [2.05, 4.69) is 61.1 Å². The highest BCUT2D eigenvalue weighted by Gasteiger charge is 2.53. The van der Waals surface area contributed by atoms with Gasteiger partial charge in [-0.05, 0) is 49.9 Å². The Kier molecular flexibility index (Phi) is 12.7. The Morgan fingerprint density at radius 3 is 1.30 bits per heavy atom. The zero-order valence-electron chi connectivity index (χ0n) is 28.2. The molecule has 1 aliphatic carbocycles. The third kappa shape index (κ3) is 7.38. The van der Waals surface area contributed by atoms with Crippen molar-refractivity contribution >= 4 is 21.8 Å². The Hall–Kier alpha value is -2.72.